The van der Waals surface area contributed by atoms with Gasteiger partial charge < -0.3 is 10.7 Å². The molecule has 1 fully saturated rings. The summed E-state index contributed by atoms with van der Waals surface area (Å²) in [4.78, 5) is 18.4. The Morgan fingerprint density at radius 3 is 2.85 bits per heavy atom. The Kier molecular flexibility index (Phi) is 1.73. The third-order valence-corrected chi connectivity index (χ3v) is 2.66. The number of nitrogens with one attached hydrogen (secondary N) is 1. The highest BCUT2D eigenvalue weighted by atomic mass is 16.1. The maximum atomic E-state index is 11.4. The quantitative estimate of drug-likeness (QED) is 0.685. The molecule has 0 radical (unpaired) electrons. The van der Waals surface area contributed by atoms with Crippen molar-refractivity contribution in [2.24, 2.45) is 5.73 Å². The van der Waals surface area contributed by atoms with Gasteiger partial charge in [0.1, 0.15) is 5.82 Å². The Bertz CT molecular complexity index is 379. The maximum Gasteiger partial charge on any atom is 0.255 e. The number of hydrogen-bond acceptors (Lipinski definition) is 3. The largest absolute Gasteiger partial charge is 0.326 e. The first-order valence-corrected chi connectivity index (χ1v) is 4.44. The predicted octanol–water partition coefficient (Wildman–Crippen LogP) is 0.280. The first kappa shape index (κ1) is 8.44. The van der Waals surface area contributed by atoms with Crippen LogP contribution < -0.4 is 11.3 Å². The molecule has 1 saturated carbocycles. The summed E-state index contributed by atoms with van der Waals surface area (Å²) in [6.07, 6.45) is 3.80. The highest BCUT2D eigenvalue weighted by Gasteiger charge is 2.41. The van der Waals surface area contributed by atoms with Crippen LogP contribution in [0.25, 0.3) is 0 Å². The van der Waals surface area contributed by atoms with E-state index < -0.39 is 0 Å². The van der Waals surface area contributed by atoms with Gasteiger partial charge in [0.05, 0.1) is 0 Å². The Morgan fingerprint density at radius 1 is 1.69 bits per heavy atom. The van der Waals surface area contributed by atoms with Crippen molar-refractivity contribution in [1.82, 2.24) is 9.97 Å². The van der Waals surface area contributed by atoms with Gasteiger partial charge in [-0.15, -0.1) is 0 Å². The van der Waals surface area contributed by atoms with E-state index in [1.54, 1.807) is 6.20 Å². The summed E-state index contributed by atoms with van der Waals surface area (Å²) in [6, 6.07) is 0. The average molecular weight is 179 g/mol. The number of rotatable bonds is 2. The van der Waals surface area contributed by atoms with E-state index in [-0.39, 0.29) is 17.5 Å². The van der Waals surface area contributed by atoms with E-state index in [1.807, 2.05) is 0 Å². The van der Waals surface area contributed by atoms with E-state index in [0.29, 0.717) is 5.56 Å². The second kappa shape index (κ2) is 2.67. The van der Waals surface area contributed by atoms with Crippen LogP contribution in [0.5, 0.6) is 0 Å². The van der Waals surface area contributed by atoms with Crippen LogP contribution in [0.1, 0.15) is 31.2 Å². The van der Waals surface area contributed by atoms with E-state index in [4.69, 9.17) is 5.73 Å². The van der Waals surface area contributed by atoms with Crippen LogP contribution in [0.15, 0.2) is 11.0 Å². The van der Waals surface area contributed by atoms with Crippen molar-refractivity contribution in [2.75, 3.05) is 0 Å². The molecule has 1 aliphatic rings. The fourth-order valence-corrected chi connectivity index (χ4v) is 1.30. The Labute approximate surface area is 76.2 Å². The molecule has 4 heteroatoms. The number of aromatic nitrogens is 2. The summed E-state index contributed by atoms with van der Waals surface area (Å²) in [6.45, 7) is 2.35. The number of hydrogen-bond donors (Lipinski definition) is 2. The molecule has 0 spiro atoms. The van der Waals surface area contributed by atoms with Gasteiger partial charge in [-0.2, -0.15) is 0 Å². The molecule has 0 unspecified atom stereocenters. The predicted molar refractivity (Wildman–Crippen MR) is 49.3 cm³/mol. The minimum absolute atomic E-state index is 0.0966. The lowest BCUT2D eigenvalue weighted by Crippen LogP contribution is -2.21. The monoisotopic (exact) mass is 179 g/mol. The van der Waals surface area contributed by atoms with Crippen molar-refractivity contribution in [3.63, 3.8) is 0 Å². The summed E-state index contributed by atoms with van der Waals surface area (Å²) in [7, 11) is 0. The average Bonchev–Trinajstić information content (AvgIpc) is 2.85. The van der Waals surface area contributed by atoms with Gasteiger partial charge in [0, 0.05) is 23.7 Å². The lowest BCUT2D eigenvalue weighted by atomic mass is 10.1. The standard InChI is InChI=1S/C9H13N3O/c1-9(2-3-9)8-11-5-6(4-10)7(13)12-8/h5H,2-4,10H2,1H3,(H,11,12,13). The molecule has 0 atom stereocenters. The van der Waals surface area contributed by atoms with Gasteiger partial charge in [-0.05, 0) is 12.8 Å². The van der Waals surface area contributed by atoms with Gasteiger partial charge >= 0.3 is 0 Å². The van der Waals surface area contributed by atoms with Crippen molar-refractivity contribution < 1.29 is 0 Å². The summed E-state index contributed by atoms with van der Waals surface area (Å²) in [5.74, 6) is 0.801. The van der Waals surface area contributed by atoms with Gasteiger partial charge in [0.25, 0.3) is 5.56 Å². The Morgan fingerprint density at radius 2 is 2.38 bits per heavy atom. The molecule has 0 amide bonds. The van der Waals surface area contributed by atoms with Gasteiger partial charge in [0.2, 0.25) is 0 Å². The molecule has 0 bridgehead atoms. The van der Waals surface area contributed by atoms with Crippen molar-refractivity contribution in [1.29, 1.82) is 0 Å². The second-order valence-electron chi connectivity index (χ2n) is 3.85. The second-order valence-corrected chi connectivity index (χ2v) is 3.85. The first-order chi connectivity index (χ1) is 6.15. The van der Waals surface area contributed by atoms with Crippen LogP contribution in [0, 0.1) is 0 Å². The Hall–Kier alpha value is -1.16. The molecule has 0 aliphatic heterocycles. The zero-order valence-corrected chi connectivity index (χ0v) is 7.63. The normalized spacial score (nSPS) is 18.6. The Balaban J connectivity index is 2.42. The molecule has 1 heterocycles. The van der Waals surface area contributed by atoms with E-state index >= 15 is 0 Å². The lowest BCUT2D eigenvalue weighted by Gasteiger charge is -2.06. The fraction of sp³-hybridized carbons (Fsp3) is 0.556. The smallest absolute Gasteiger partial charge is 0.255 e. The maximum absolute atomic E-state index is 11.4. The first-order valence-electron chi connectivity index (χ1n) is 4.44. The zero-order chi connectivity index (χ0) is 9.47. The number of nitrogens with zero attached hydrogens (tertiary/aromatic N) is 1. The molecule has 13 heavy (non-hydrogen) atoms. The molecule has 0 aromatic carbocycles. The summed E-state index contributed by atoms with van der Waals surface area (Å²) in [5.41, 5.74) is 5.94. The van der Waals surface area contributed by atoms with Gasteiger partial charge in [-0.1, -0.05) is 6.92 Å². The third-order valence-electron chi connectivity index (χ3n) is 2.66. The molecule has 1 aliphatic carbocycles. The highest BCUT2D eigenvalue weighted by Crippen LogP contribution is 2.45. The minimum atomic E-state index is -0.0966. The minimum Gasteiger partial charge on any atom is -0.326 e. The van der Waals surface area contributed by atoms with Crippen LogP contribution in [0.2, 0.25) is 0 Å². The van der Waals surface area contributed by atoms with Crippen molar-refractivity contribution in [3.05, 3.63) is 27.9 Å². The van der Waals surface area contributed by atoms with Crippen molar-refractivity contribution >= 4 is 0 Å². The number of H-pyrrole nitrogens is 1. The third kappa shape index (κ3) is 1.37. The topological polar surface area (TPSA) is 71.8 Å². The number of aromatic amines is 1. The molecular formula is C9H13N3O. The molecular weight excluding hydrogens is 166 g/mol. The van der Waals surface area contributed by atoms with E-state index in [9.17, 15) is 4.79 Å². The van der Waals surface area contributed by atoms with E-state index in [0.717, 1.165) is 18.7 Å². The van der Waals surface area contributed by atoms with E-state index in [2.05, 4.69) is 16.9 Å². The van der Waals surface area contributed by atoms with E-state index in [1.165, 1.54) is 0 Å². The molecule has 0 saturated heterocycles. The molecule has 70 valence electrons. The van der Waals surface area contributed by atoms with Crippen LogP contribution in [-0.2, 0) is 12.0 Å². The van der Waals surface area contributed by atoms with Crippen LogP contribution in [0.4, 0.5) is 0 Å². The number of nitrogens with two attached hydrogens (primary N) is 1. The SMILES string of the molecule is CC1(c2ncc(CN)c(=O)[nH]2)CC1. The zero-order valence-electron chi connectivity index (χ0n) is 7.63. The van der Waals surface area contributed by atoms with Gasteiger partial charge in [0.15, 0.2) is 0 Å². The molecule has 3 N–H and O–H groups in total. The van der Waals surface area contributed by atoms with Crippen molar-refractivity contribution in [3.8, 4) is 0 Å². The summed E-state index contributed by atoms with van der Waals surface area (Å²) < 4.78 is 0. The van der Waals surface area contributed by atoms with Gasteiger partial charge in [-0.3, -0.25) is 4.79 Å². The lowest BCUT2D eigenvalue weighted by molar-refractivity contribution is 0.697. The molecule has 4 nitrogen and oxygen atoms in total. The highest BCUT2D eigenvalue weighted by molar-refractivity contribution is 5.17. The molecule has 1 aromatic heterocycles. The van der Waals surface area contributed by atoms with Gasteiger partial charge in [-0.25, -0.2) is 4.98 Å². The molecule has 1 aromatic rings. The molecule has 2 rings (SSSR count). The van der Waals surface area contributed by atoms with Crippen LogP contribution in [0.3, 0.4) is 0 Å². The summed E-state index contributed by atoms with van der Waals surface area (Å²) in [5, 5.41) is 0. The summed E-state index contributed by atoms with van der Waals surface area (Å²) >= 11 is 0. The van der Waals surface area contributed by atoms with Crippen molar-refractivity contribution in [2.45, 2.75) is 31.7 Å². The van der Waals surface area contributed by atoms with Crippen LogP contribution >= 0.6 is 0 Å². The van der Waals surface area contributed by atoms with Crippen LogP contribution in [-0.4, -0.2) is 9.97 Å². The fourth-order valence-electron chi connectivity index (χ4n) is 1.30.